The molecule has 120 valence electrons. The van der Waals surface area contributed by atoms with Gasteiger partial charge in [0.25, 0.3) is 11.6 Å². The van der Waals surface area contributed by atoms with Crippen molar-refractivity contribution in [1.82, 2.24) is 0 Å². The minimum absolute atomic E-state index is 0.0555. The van der Waals surface area contributed by atoms with Crippen molar-refractivity contribution < 1.29 is 18.8 Å². The van der Waals surface area contributed by atoms with E-state index in [-0.39, 0.29) is 16.5 Å². The first kappa shape index (κ1) is 16.7. The molecule has 0 radical (unpaired) electrons. The first-order chi connectivity index (χ1) is 10.9. The zero-order valence-corrected chi connectivity index (χ0v) is 12.7. The quantitative estimate of drug-likeness (QED) is 0.664. The van der Waals surface area contributed by atoms with Crippen molar-refractivity contribution in [2.45, 2.75) is 13.0 Å². The summed E-state index contributed by atoms with van der Waals surface area (Å²) < 4.78 is 18.3. The number of ether oxygens (including phenoxy) is 1. The van der Waals surface area contributed by atoms with Crippen LogP contribution in [0.4, 0.5) is 15.8 Å². The highest BCUT2D eigenvalue weighted by molar-refractivity contribution is 6.32. The van der Waals surface area contributed by atoms with Gasteiger partial charge in [0.1, 0.15) is 11.6 Å². The Hall–Kier alpha value is -2.67. The van der Waals surface area contributed by atoms with Crippen LogP contribution in [-0.4, -0.2) is 16.9 Å². The first-order valence-electron chi connectivity index (χ1n) is 6.54. The van der Waals surface area contributed by atoms with Crippen molar-refractivity contribution in [3.8, 4) is 5.75 Å². The average Bonchev–Trinajstić information content (AvgIpc) is 2.50. The SMILES string of the molecule is CC(Oc1ccc(F)cc1Cl)C(=O)Nc1ccc([N+](=O)[O-])cc1. The van der Waals surface area contributed by atoms with E-state index in [1.54, 1.807) is 0 Å². The third kappa shape index (κ3) is 4.40. The fraction of sp³-hybridized carbons (Fsp3) is 0.133. The summed E-state index contributed by atoms with van der Waals surface area (Å²) >= 11 is 5.82. The van der Waals surface area contributed by atoms with Crippen molar-refractivity contribution in [3.63, 3.8) is 0 Å². The van der Waals surface area contributed by atoms with Gasteiger partial charge in [-0.15, -0.1) is 0 Å². The molecule has 0 bridgehead atoms. The molecule has 0 saturated carbocycles. The summed E-state index contributed by atoms with van der Waals surface area (Å²) in [6.45, 7) is 1.50. The standard InChI is InChI=1S/C15H12ClFN2O4/c1-9(23-14-7-2-10(17)8-13(14)16)15(20)18-11-3-5-12(6-4-11)19(21)22/h2-9H,1H3,(H,18,20). The summed E-state index contributed by atoms with van der Waals surface area (Å²) in [5.41, 5.74) is 0.312. The fourth-order valence-corrected chi connectivity index (χ4v) is 1.94. The molecule has 0 aliphatic heterocycles. The lowest BCUT2D eigenvalue weighted by atomic mass is 10.2. The molecule has 2 aromatic rings. The average molecular weight is 339 g/mol. The van der Waals surface area contributed by atoms with Crippen LogP contribution in [-0.2, 0) is 4.79 Å². The van der Waals surface area contributed by atoms with Crippen molar-refractivity contribution in [1.29, 1.82) is 0 Å². The number of halogens is 2. The molecule has 8 heteroatoms. The van der Waals surface area contributed by atoms with Crippen LogP contribution in [0.3, 0.4) is 0 Å². The summed E-state index contributed by atoms with van der Waals surface area (Å²) in [5.74, 6) is -0.802. The highest BCUT2D eigenvalue weighted by atomic mass is 35.5. The molecule has 1 amide bonds. The molecule has 1 unspecified atom stereocenters. The van der Waals surface area contributed by atoms with Gasteiger partial charge in [0.15, 0.2) is 6.10 Å². The molecule has 0 aliphatic carbocycles. The zero-order chi connectivity index (χ0) is 17.0. The Balaban J connectivity index is 2.00. The van der Waals surface area contributed by atoms with Crippen LogP contribution in [0, 0.1) is 15.9 Å². The maximum atomic E-state index is 13.0. The smallest absolute Gasteiger partial charge is 0.269 e. The maximum absolute atomic E-state index is 13.0. The second-order valence-corrected chi connectivity index (χ2v) is 5.04. The topological polar surface area (TPSA) is 81.5 Å². The molecule has 0 saturated heterocycles. The number of benzene rings is 2. The Morgan fingerprint density at radius 3 is 2.52 bits per heavy atom. The number of anilines is 1. The maximum Gasteiger partial charge on any atom is 0.269 e. The van der Waals surface area contributed by atoms with Crippen molar-refractivity contribution in [3.05, 3.63) is 63.4 Å². The van der Waals surface area contributed by atoms with E-state index in [1.165, 1.54) is 43.3 Å². The molecule has 0 aliphatic rings. The lowest BCUT2D eigenvalue weighted by molar-refractivity contribution is -0.384. The van der Waals surface area contributed by atoms with E-state index in [2.05, 4.69) is 5.32 Å². The third-order valence-corrected chi connectivity index (χ3v) is 3.21. The highest BCUT2D eigenvalue weighted by Crippen LogP contribution is 2.26. The van der Waals surface area contributed by atoms with E-state index in [4.69, 9.17) is 16.3 Å². The number of nitrogens with zero attached hydrogens (tertiary/aromatic N) is 1. The van der Waals surface area contributed by atoms with Gasteiger partial charge in [-0.3, -0.25) is 14.9 Å². The number of hydrogen-bond donors (Lipinski definition) is 1. The first-order valence-corrected chi connectivity index (χ1v) is 6.91. The number of amides is 1. The van der Waals surface area contributed by atoms with Gasteiger partial charge in [-0.2, -0.15) is 0 Å². The lowest BCUT2D eigenvalue weighted by Crippen LogP contribution is -2.30. The van der Waals surface area contributed by atoms with Crippen LogP contribution in [0.25, 0.3) is 0 Å². The highest BCUT2D eigenvalue weighted by Gasteiger charge is 2.17. The summed E-state index contributed by atoms with van der Waals surface area (Å²) in [7, 11) is 0. The predicted molar refractivity (Wildman–Crippen MR) is 83.2 cm³/mol. The van der Waals surface area contributed by atoms with E-state index in [9.17, 15) is 19.3 Å². The van der Waals surface area contributed by atoms with E-state index in [1.807, 2.05) is 0 Å². The van der Waals surface area contributed by atoms with E-state index >= 15 is 0 Å². The molecule has 6 nitrogen and oxygen atoms in total. The molecule has 0 spiro atoms. The normalized spacial score (nSPS) is 11.6. The zero-order valence-electron chi connectivity index (χ0n) is 12.0. The van der Waals surface area contributed by atoms with Gasteiger partial charge in [-0.05, 0) is 37.3 Å². The Morgan fingerprint density at radius 1 is 1.30 bits per heavy atom. The van der Waals surface area contributed by atoms with Crippen molar-refractivity contribution in [2.24, 2.45) is 0 Å². The second-order valence-electron chi connectivity index (χ2n) is 4.63. The minimum Gasteiger partial charge on any atom is -0.479 e. The van der Waals surface area contributed by atoms with Gasteiger partial charge in [-0.1, -0.05) is 11.6 Å². The van der Waals surface area contributed by atoms with Gasteiger partial charge >= 0.3 is 0 Å². The molecule has 2 aromatic carbocycles. The number of rotatable bonds is 5. The fourth-order valence-electron chi connectivity index (χ4n) is 1.73. The molecule has 0 aromatic heterocycles. The number of nitro groups is 1. The summed E-state index contributed by atoms with van der Waals surface area (Å²) in [6, 6.07) is 8.95. The molecule has 2 rings (SSSR count). The number of nitrogens with one attached hydrogen (secondary N) is 1. The summed E-state index contributed by atoms with van der Waals surface area (Å²) in [6.07, 6.45) is -0.895. The number of hydrogen-bond acceptors (Lipinski definition) is 4. The number of nitro benzene ring substituents is 1. The van der Waals surface area contributed by atoms with Gasteiger partial charge in [-0.25, -0.2) is 4.39 Å². The lowest BCUT2D eigenvalue weighted by Gasteiger charge is -2.15. The Kier molecular flexibility index (Phi) is 5.13. The molecular weight excluding hydrogens is 327 g/mol. The van der Waals surface area contributed by atoms with Gasteiger partial charge in [0.05, 0.1) is 9.95 Å². The Bertz CT molecular complexity index is 737. The molecule has 1 N–H and O–H groups in total. The van der Waals surface area contributed by atoms with Crippen molar-refractivity contribution in [2.75, 3.05) is 5.32 Å². The summed E-state index contributed by atoms with van der Waals surface area (Å²) in [5, 5.41) is 13.2. The van der Waals surface area contributed by atoms with Crippen LogP contribution in [0.5, 0.6) is 5.75 Å². The van der Waals surface area contributed by atoms with Crippen LogP contribution in [0.15, 0.2) is 42.5 Å². The third-order valence-electron chi connectivity index (χ3n) is 2.91. The van der Waals surface area contributed by atoms with Gasteiger partial charge < -0.3 is 10.1 Å². The molecule has 23 heavy (non-hydrogen) atoms. The van der Waals surface area contributed by atoms with Crippen LogP contribution >= 0.6 is 11.6 Å². The van der Waals surface area contributed by atoms with Gasteiger partial charge in [0.2, 0.25) is 0 Å². The van der Waals surface area contributed by atoms with Crippen LogP contribution in [0.1, 0.15) is 6.92 Å². The van der Waals surface area contributed by atoms with Crippen LogP contribution in [0.2, 0.25) is 5.02 Å². The van der Waals surface area contributed by atoms with E-state index < -0.39 is 22.8 Å². The summed E-state index contributed by atoms with van der Waals surface area (Å²) in [4.78, 5) is 22.1. The van der Waals surface area contributed by atoms with Gasteiger partial charge in [0, 0.05) is 17.8 Å². The number of carbonyl (C=O) groups is 1. The largest absolute Gasteiger partial charge is 0.479 e. The Morgan fingerprint density at radius 2 is 1.96 bits per heavy atom. The molecule has 0 fully saturated rings. The minimum atomic E-state index is -0.895. The molecule has 1 atom stereocenters. The van der Waals surface area contributed by atoms with Crippen molar-refractivity contribution >= 4 is 28.9 Å². The number of non-ortho nitro benzene ring substituents is 1. The van der Waals surface area contributed by atoms with Crippen LogP contribution < -0.4 is 10.1 Å². The second kappa shape index (κ2) is 7.06. The van der Waals surface area contributed by atoms with E-state index in [0.29, 0.717) is 5.69 Å². The monoisotopic (exact) mass is 338 g/mol. The molecular formula is C15H12ClFN2O4. The predicted octanol–water partition coefficient (Wildman–Crippen LogP) is 3.79. The molecule has 0 heterocycles. The van der Waals surface area contributed by atoms with E-state index in [0.717, 1.165) is 6.07 Å². The Labute approximate surface area is 136 Å². The number of carbonyl (C=O) groups excluding carboxylic acids is 1.